The number of esters is 1. The fourth-order valence-electron chi connectivity index (χ4n) is 1.82. The highest BCUT2D eigenvalue weighted by molar-refractivity contribution is 5.69. The summed E-state index contributed by atoms with van der Waals surface area (Å²) in [6.07, 6.45) is 7.37. The Morgan fingerprint density at radius 1 is 0.773 bits per heavy atom. The molecule has 6 nitrogen and oxygen atoms in total. The van der Waals surface area contributed by atoms with Crippen LogP contribution in [0, 0.1) is 0 Å². The van der Waals surface area contributed by atoms with Gasteiger partial charge in [0.05, 0.1) is 32.8 Å². The molecule has 1 N–H and O–H groups in total. The van der Waals surface area contributed by atoms with Gasteiger partial charge in [0.2, 0.25) is 0 Å². The van der Waals surface area contributed by atoms with E-state index in [0.29, 0.717) is 26.2 Å². The molecule has 0 rings (SSSR count). The first-order valence-electron chi connectivity index (χ1n) is 8.19. The van der Waals surface area contributed by atoms with Crippen molar-refractivity contribution in [3.8, 4) is 0 Å². The summed E-state index contributed by atoms with van der Waals surface area (Å²) in [7, 11) is 0. The first kappa shape index (κ1) is 20.9. The number of unbranched alkanes of at least 4 members (excludes halogenated alkanes) is 5. The lowest BCUT2D eigenvalue weighted by atomic mass is 10.1. The van der Waals surface area contributed by atoms with E-state index >= 15 is 0 Å². The summed E-state index contributed by atoms with van der Waals surface area (Å²) in [6, 6.07) is 0. The summed E-state index contributed by atoms with van der Waals surface area (Å²) in [4.78, 5) is 21.6. The second kappa shape index (κ2) is 16.2. The van der Waals surface area contributed by atoms with E-state index < -0.39 is 5.97 Å². The van der Waals surface area contributed by atoms with Gasteiger partial charge in [-0.25, -0.2) is 0 Å². The molecule has 0 bridgehead atoms. The molecule has 0 aromatic rings. The zero-order valence-electron chi connectivity index (χ0n) is 13.7. The second-order valence-electron chi connectivity index (χ2n) is 5.11. The SMILES string of the molecule is CCCCCCCCC(=O)OCCOCCOCCC(=O)O. The second-order valence-corrected chi connectivity index (χ2v) is 5.11. The summed E-state index contributed by atoms with van der Waals surface area (Å²) in [5.41, 5.74) is 0. The Bertz CT molecular complexity index is 280. The van der Waals surface area contributed by atoms with Crippen LogP contribution in [0.1, 0.15) is 58.3 Å². The predicted octanol–water partition coefficient (Wildman–Crippen LogP) is 2.79. The van der Waals surface area contributed by atoms with Crippen molar-refractivity contribution in [2.75, 3.05) is 33.0 Å². The number of carboxylic acids is 1. The van der Waals surface area contributed by atoms with Crippen molar-refractivity contribution in [1.82, 2.24) is 0 Å². The van der Waals surface area contributed by atoms with Crippen LogP contribution in [-0.2, 0) is 23.8 Å². The number of rotatable bonds is 16. The van der Waals surface area contributed by atoms with Crippen LogP contribution in [0.15, 0.2) is 0 Å². The molecule has 0 fully saturated rings. The van der Waals surface area contributed by atoms with E-state index in [0.717, 1.165) is 12.8 Å². The van der Waals surface area contributed by atoms with Gasteiger partial charge in [-0.15, -0.1) is 0 Å². The average molecular weight is 318 g/mol. The molecule has 0 aliphatic heterocycles. The van der Waals surface area contributed by atoms with Crippen molar-refractivity contribution in [2.24, 2.45) is 0 Å². The Morgan fingerprint density at radius 3 is 2.05 bits per heavy atom. The van der Waals surface area contributed by atoms with Crippen molar-refractivity contribution in [3.63, 3.8) is 0 Å². The lowest BCUT2D eigenvalue weighted by Crippen LogP contribution is -2.13. The van der Waals surface area contributed by atoms with Crippen LogP contribution >= 0.6 is 0 Å². The van der Waals surface area contributed by atoms with E-state index in [1.165, 1.54) is 25.7 Å². The molecule has 0 unspecified atom stereocenters. The van der Waals surface area contributed by atoms with Gasteiger partial charge in [-0.05, 0) is 6.42 Å². The minimum atomic E-state index is -0.877. The largest absolute Gasteiger partial charge is 0.481 e. The van der Waals surface area contributed by atoms with E-state index in [1.54, 1.807) is 0 Å². The van der Waals surface area contributed by atoms with Crippen LogP contribution in [0.4, 0.5) is 0 Å². The van der Waals surface area contributed by atoms with Crippen LogP contribution in [0.5, 0.6) is 0 Å². The van der Waals surface area contributed by atoms with Crippen LogP contribution in [0.3, 0.4) is 0 Å². The van der Waals surface area contributed by atoms with Crippen LogP contribution in [0.25, 0.3) is 0 Å². The molecule has 22 heavy (non-hydrogen) atoms. The van der Waals surface area contributed by atoms with Crippen molar-refractivity contribution in [2.45, 2.75) is 58.3 Å². The molecule has 0 aliphatic rings. The normalized spacial score (nSPS) is 10.6. The zero-order valence-corrected chi connectivity index (χ0v) is 13.7. The summed E-state index contributed by atoms with van der Waals surface area (Å²) >= 11 is 0. The number of hydrogen-bond donors (Lipinski definition) is 1. The molecule has 0 atom stereocenters. The van der Waals surface area contributed by atoms with Crippen LogP contribution in [0.2, 0.25) is 0 Å². The lowest BCUT2D eigenvalue weighted by molar-refractivity contribution is -0.145. The molecule has 6 heteroatoms. The van der Waals surface area contributed by atoms with E-state index in [1.807, 2.05) is 0 Å². The Labute approximate surface area is 133 Å². The summed E-state index contributed by atoms with van der Waals surface area (Å²) in [5, 5.41) is 8.39. The van der Waals surface area contributed by atoms with Gasteiger partial charge in [-0.1, -0.05) is 39.0 Å². The lowest BCUT2D eigenvalue weighted by Gasteiger charge is -2.06. The molecule has 0 spiro atoms. The summed E-state index contributed by atoms with van der Waals surface area (Å²) < 4.78 is 15.3. The Balaban J connectivity index is 3.16. The maximum absolute atomic E-state index is 11.4. The number of carbonyl (C=O) groups excluding carboxylic acids is 1. The molecule has 0 saturated heterocycles. The van der Waals surface area contributed by atoms with Crippen LogP contribution in [-0.4, -0.2) is 50.1 Å². The average Bonchev–Trinajstić information content (AvgIpc) is 2.48. The summed E-state index contributed by atoms with van der Waals surface area (Å²) in [6.45, 7) is 3.68. The number of aliphatic carboxylic acids is 1. The van der Waals surface area contributed by atoms with E-state index in [9.17, 15) is 9.59 Å². The van der Waals surface area contributed by atoms with Gasteiger partial charge >= 0.3 is 11.9 Å². The molecule has 0 amide bonds. The van der Waals surface area contributed by atoms with Gasteiger partial charge in [-0.3, -0.25) is 9.59 Å². The fourth-order valence-corrected chi connectivity index (χ4v) is 1.82. The quantitative estimate of drug-likeness (QED) is 0.348. The van der Waals surface area contributed by atoms with E-state index in [2.05, 4.69) is 6.92 Å². The van der Waals surface area contributed by atoms with Gasteiger partial charge in [0.1, 0.15) is 6.61 Å². The number of hydrogen-bond acceptors (Lipinski definition) is 5. The monoisotopic (exact) mass is 318 g/mol. The number of carbonyl (C=O) groups is 2. The Morgan fingerprint density at radius 2 is 1.36 bits per heavy atom. The molecular formula is C16H30O6. The minimum Gasteiger partial charge on any atom is -0.481 e. The molecule has 0 aliphatic carbocycles. The van der Waals surface area contributed by atoms with Crippen molar-refractivity contribution in [3.05, 3.63) is 0 Å². The van der Waals surface area contributed by atoms with Gasteiger partial charge < -0.3 is 19.3 Å². The standard InChI is InChI=1S/C16H30O6/c1-2-3-4-5-6-7-8-16(19)22-14-13-21-12-11-20-10-9-15(17)18/h2-14H2,1H3,(H,17,18). The topological polar surface area (TPSA) is 82.1 Å². The third kappa shape index (κ3) is 16.9. The van der Waals surface area contributed by atoms with Gasteiger partial charge in [0.25, 0.3) is 0 Å². The van der Waals surface area contributed by atoms with Gasteiger partial charge in [0.15, 0.2) is 0 Å². The molecule has 0 radical (unpaired) electrons. The third-order valence-electron chi connectivity index (χ3n) is 3.06. The molecule has 0 aromatic heterocycles. The fraction of sp³-hybridized carbons (Fsp3) is 0.875. The first-order chi connectivity index (χ1) is 10.7. The maximum atomic E-state index is 11.4. The smallest absolute Gasteiger partial charge is 0.305 e. The molecule has 0 heterocycles. The van der Waals surface area contributed by atoms with E-state index in [-0.39, 0.29) is 25.6 Å². The van der Waals surface area contributed by atoms with Crippen molar-refractivity contribution < 1.29 is 28.9 Å². The maximum Gasteiger partial charge on any atom is 0.305 e. The van der Waals surface area contributed by atoms with Crippen molar-refractivity contribution in [1.29, 1.82) is 0 Å². The predicted molar refractivity (Wildman–Crippen MR) is 82.8 cm³/mol. The molecule has 0 saturated carbocycles. The van der Waals surface area contributed by atoms with Gasteiger partial charge in [-0.2, -0.15) is 0 Å². The molecular weight excluding hydrogens is 288 g/mol. The number of carboxylic acid groups (broad SMARTS) is 1. The molecule has 130 valence electrons. The minimum absolute atomic E-state index is 0.00391. The highest BCUT2D eigenvalue weighted by atomic mass is 16.6. The van der Waals surface area contributed by atoms with Gasteiger partial charge in [0, 0.05) is 6.42 Å². The highest BCUT2D eigenvalue weighted by Crippen LogP contribution is 2.07. The first-order valence-corrected chi connectivity index (χ1v) is 8.19. The van der Waals surface area contributed by atoms with E-state index in [4.69, 9.17) is 19.3 Å². The highest BCUT2D eigenvalue weighted by Gasteiger charge is 2.02. The molecule has 0 aromatic carbocycles. The number of ether oxygens (including phenoxy) is 3. The Kier molecular flexibility index (Phi) is 15.4. The van der Waals surface area contributed by atoms with Crippen molar-refractivity contribution >= 4 is 11.9 Å². The van der Waals surface area contributed by atoms with Crippen LogP contribution < -0.4 is 0 Å². The zero-order chi connectivity index (χ0) is 16.5. The summed E-state index contributed by atoms with van der Waals surface area (Å²) in [5.74, 6) is -1.05. The third-order valence-corrected chi connectivity index (χ3v) is 3.06. The Hall–Kier alpha value is -1.14.